The van der Waals surface area contributed by atoms with E-state index in [2.05, 4.69) is 15.5 Å². The van der Waals surface area contributed by atoms with Gasteiger partial charge in [0.2, 0.25) is 0 Å². The molecule has 0 bridgehead atoms. The highest BCUT2D eigenvalue weighted by Crippen LogP contribution is 2.19. The fourth-order valence-corrected chi connectivity index (χ4v) is 2.76. The van der Waals surface area contributed by atoms with Crippen LogP contribution >= 0.6 is 0 Å². The average molecular weight is 331 g/mol. The van der Waals surface area contributed by atoms with E-state index in [9.17, 15) is 4.79 Å². The second-order valence-electron chi connectivity index (χ2n) is 6.00. The van der Waals surface area contributed by atoms with Crippen molar-refractivity contribution >= 4 is 5.91 Å². The lowest BCUT2D eigenvalue weighted by atomic mass is 10.1. The molecule has 3 rings (SSSR count). The second kappa shape index (κ2) is 6.96. The number of nitrogens with zero attached hydrogens (tertiary/aromatic N) is 5. The second-order valence-corrected chi connectivity index (χ2v) is 6.00. The van der Waals surface area contributed by atoms with E-state index >= 15 is 0 Å². The van der Waals surface area contributed by atoms with Gasteiger partial charge in [-0.2, -0.15) is 0 Å². The molecule has 0 radical (unpaired) electrons. The fraction of sp³-hybridized carbons (Fsp3) is 0.500. The van der Waals surface area contributed by atoms with Crippen LogP contribution in [0.25, 0.3) is 0 Å². The van der Waals surface area contributed by atoms with E-state index in [0.717, 1.165) is 0 Å². The number of carbonyl (C=O) groups is 1. The number of rotatable bonds is 4. The van der Waals surface area contributed by atoms with Crippen LogP contribution in [-0.4, -0.2) is 56.3 Å². The lowest BCUT2D eigenvalue weighted by Gasteiger charge is -2.35. The molecule has 1 aromatic carbocycles. The summed E-state index contributed by atoms with van der Waals surface area (Å²) in [6, 6.07) is 7.16. The summed E-state index contributed by atoms with van der Waals surface area (Å²) in [5, 5.41) is 11.2. The highest BCUT2D eigenvalue weighted by molar-refractivity contribution is 5.94. The Labute approximate surface area is 140 Å². The molecule has 0 saturated carbocycles. The Morgan fingerprint density at radius 3 is 2.75 bits per heavy atom. The summed E-state index contributed by atoms with van der Waals surface area (Å²) in [4.78, 5) is 14.5. The largest absolute Gasteiger partial charge is 0.486 e. The number of hydrogen-bond donors (Lipinski definition) is 0. The van der Waals surface area contributed by atoms with Crippen molar-refractivity contribution < 1.29 is 14.3 Å². The van der Waals surface area contributed by atoms with Crippen LogP contribution in [0.5, 0.6) is 5.75 Å². The van der Waals surface area contributed by atoms with Crippen LogP contribution in [0.15, 0.2) is 24.3 Å². The molecule has 1 aromatic heterocycles. The van der Waals surface area contributed by atoms with Gasteiger partial charge in [0.15, 0.2) is 5.82 Å². The van der Waals surface area contributed by atoms with E-state index in [-0.39, 0.29) is 24.7 Å². The summed E-state index contributed by atoms with van der Waals surface area (Å²) in [5.41, 5.74) is 0.602. The topological polar surface area (TPSA) is 82.4 Å². The SMILES string of the molecule is CC1CN(C(=O)c2cccc(OCc3nnnn3C)c2)CC(C)O1. The number of morpholine rings is 1. The zero-order valence-electron chi connectivity index (χ0n) is 14.0. The smallest absolute Gasteiger partial charge is 0.254 e. The lowest BCUT2D eigenvalue weighted by molar-refractivity contribution is -0.0586. The van der Waals surface area contributed by atoms with Crippen LogP contribution in [-0.2, 0) is 18.4 Å². The predicted molar refractivity (Wildman–Crippen MR) is 85.5 cm³/mol. The van der Waals surface area contributed by atoms with Crippen molar-refractivity contribution in [1.82, 2.24) is 25.1 Å². The maximum absolute atomic E-state index is 12.7. The summed E-state index contributed by atoms with van der Waals surface area (Å²) in [7, 11) is 1.75. The van der Waals surface area contributed by atoms with Crippen molar-refractivity contribution in [2.24, 2.45) is 7.05 Å². The highest BCUT2D eigenvalue weighted by Gasteiger charge is 2.26. The normalized spacial score (nSPS) is 20.9. The molecular weight excluding hydrogens is 310 g/mol. The molecule has 1 aliphatic heterocycles. The predicted octanol–water partition coefficient (Wildman–Crippen LogP) is 1.04. The van der Waals surface area contributed by atoms with Gasteiger partial charge in [-0.05, 0) is 42.5 Å². The van der Waals surface area contributed by atoms with E-state index in [1.165, 1.54) is 0 Å². The third-order valence-electron chi connectivity index (χ3n) is 3.86. The molecule has 24 heavy (non-hydrogen) atoms. The molecule has 2 aromatic rings. The molecule has 8 nitrogen and oxygen atoms in total. The molecule has 2 unspecified atom stereocenters. The van der Waals surface area contributed by atoms with Crippen LogP contribution < -0.4 is 4.74 Å². The lowest BCUT2D eigenvalue weighted by Crippen LogP contribution is -2.48. The molecule has 0 N–H and O–H groups in total. The molecule has 8 heteroatoms. The van der Waals surface area contributed by atoms with Gasteiger partial charge in [-0.3, -0.25) is 4.79 Å². The average Bonchev–Trinajstić information content (AvgIpc) is 2.97. The number of ether oxygens (including phenoxy) is 2. The van der Waals surface area contributed by atoms with Crippen molar-refractivity contribution in [2.45, 2.75) is 32.7 Å². The first-order chi connectivity index (χ1) is 11.5. The Kier molecular flexibility index (Phi) is 4.75. The van der Waals surface area contributed by atoms with Gasteiger partial charge >= 0.3 is 0 Å². The molecule has 2 heterocycles. The van der Waals surface area contributed by atoms with Gasteiger partial charge in [0.05, 0.1) is 12.2 Å². The van der Waals surface area contributed by atoms with E-state index < -0.39 is 0 Å². The number of aryl methyl sites for hydroxylation is 1. The number of benzene rings is 1. The van der Waals surface area contributed by atoms with Crippen LogP contribution in [0.4, 0.5) is 0 Å². The maximum atomic E-state index is 12.7. The van der Waals surface area contributed by atoms with E-state index in [4.69, 9.17) is 9.47 Å². The number of tetrazole rings is 1. The molecule has 0 aliphatic carbocycles. The maximum Gasteiger partial charge on any atom is 0.254 e. The Balaban J connectivity index is 1.68. The van der Waals surface area contributed by atoms with Gasteiger partial charge in [0.1, 0.15) is 12.4 Å². The number of hydrogen-bond acceptors (Lipinski definition) is 6. The third-order valence-corrected chi connectivity index (χ3v) is 3.86. The van der Waals surface area contributed by atoms with Crippen molar-refractivity contribution in [3.05, 3.63) is 35.7 Å². The van der Waals surface area contributed by atoms with Gasteiger partial charge in [0, 0.05) is 25.7 Å². The van der Waals surface area contributed by atoms with Crippen molar-refractivity contribution in [3.8, 4) is 5.75 Å². The minimum Gasteiger partial charge on any atom is -0.486 e. The van der Waals surface area contributed by atoms with Crippen LogP contribution in [0.1, 0.15) is 30.0 Å². The molecule has 1 fully saturated rings. The van der Waals surface area contributed by atoms with Gasteiger partial charge in [-0.25, -0.2) is 4.68 Å². The molecule has 1 saturated heterocycles. The van der Waals surface area contributed by atoms with Gasteiger partial charge in [-0.15, -0.1) is 5.10 Å². The van der Waals surface area contributed by atoms with Crippen molar-refractivity contribution in [2.75, 3.05) is 13.1 Å². The molecule has 1 amide bonds. The van der Waals surface area contributed by atoms with Crippen LogP contribution in [0.3, 0.4) is 0 Å². The summed E-state index contributed by atoms with van der Waals surface area (Å²) in [6.07, 6.45) is 0.0843. The Morgan fingerprint density at radius 2 is 2.08 bits per heavy atom. The quantitative estimate of drug-likeness (QED) is 0.832. The van der Waals surface area contributed by atoms with Gasteiger partial charge in [-0.1, -0.05) is 6.07 Å². The van der Waals surface area contributed by atoms with Crippen LogP contribution in [0, 0.1) is 0 Å². The zero-order valence-corrected chi connectivity index (χ0v) is 14.0. The minimum atomic E-state index is -0.0113. The van der Waals surface area contributed by atoms with Crippen molar-refractivity contribution in [3.63, 3.8) is 0 Å². The summed E-state index contributed by atoms with van der Waals surface area (Å²) < 4.78 is 12.9. The monoisotopic (exact) mass is 331 g/mol. The summed E-state index contributed by atoms with van der Waals surface area (Å²) in [5.74, 6) is 1.21. The Morgan fingerprint density at radius 1 is 1.33 bits per heavy atom. The number of amides is 1. The minimum absolute atomic E-state index is 0.0113. The number of aromatic nitrogens is 4. The number of carbonyl (C=O) groups excluding carboxylic acids is 1. The van der Waals surface area contributed by atoms with E-state index in [1.807, 2.05) is 30.9 Å². The zero-order chi connectivity index (χ0) is 17.1. The molecule has 1 aliphatic rings. The third kappa shape index (κ3) is 3.70. The molecular formula is C16H21N5O3. The first kappa shape index (κ1) is 16.4. The first-order valence-electron chi connectivity index (χ1n) is 7.91. The fourth-order valence-electron chi connectivity index (χ4n) is 2.76. The molecule has 0 spiro atoms. The van der Waals surface area contributed by atoms with E-state index in [1.54, 1.807) is 23.9 Å². The molecule has 128 valence electrons. The van der Waals surface area contributed by atoms with Crippen molar-refractivity contribution in [1.29, 1.82) is 0 Å². The van der Waals surface area contributed by atoms with Gasteiger partial charge in [0.25, 0.3) is 5.91 Å². The summed E-state index contributed by atoms with van der Waals surface area (Å²) >= 11 is 0. The van der Waals surface area contributed by atoms with E-state index in [0.29, 0.717) is 30.2 Å². The summed E-state index contributed by atoms with van der Waals surface area (Å²) in [6.45, 7) is 5.39. The Hall–Kier alpha value is -2.48. The standard InChI is InChI=1S/C16H21N5O3/c1-11-8-21(9-12(2)24-11)16(22)13-5-4-6-14(7-13)23-10-15-17-18-19-20(15)3/h4-7,11-12H,8-10H2,1-3H3. The molecule has 2 atom stereocenters. The first-order valence-corrected chi connectivity index (χ1v) is 7.91. The van der Waals surface area contributed by atoms with Gasteiger partial charge < -0.3 is 14.4 Å². The highest BCUT2D eigenvalue weighted by atomic mass is 16.5. The Bertz CT molecular complexity index is 707. The van der Waals surface area contributed by atoms with Crippen LogP contribution in [0.2, 0.25) is 0 Å².